The summed E-state index contributed by atoms with van der Waals surface area (Å²) in [6.45, 7) is 2.06. The van der Waals surface area contributed by atoms with Crippen molar-refractivity contribution in [3.05, 3.63) is 59.7 Å². The van der Waals surface area contributed by atoms with Crippen molar-refractivity contribution in [2.75, 3.05) is 25.2 Å². The monoisotopic (exact) mass is 342 g/mol. The van der Waals surface area contributed by atoms with Gasteiger partial charge in [-0.1, -0.05) is 31.2 Å². The van der Waals surface area contributed by atoms with Gasteiger partial charge in [0.2, 0.25) is 5.91 Å². The minimum Gasteiger partial charge on any atom is -0.349 e. The maximum absolute atomic E-state index is 12.5. The summed E-state index contributed by atoms with van der Waals surface area (Å²) in [7, 11) is 3.48. The molecule has 2 amide bonds. The molecule has 0 atom stereocenters. The van der Waals surface area contributed by atoms with Gasteiger partial charge < -0.3 is 10.2 Å². The van der Waals surface area contributed by atoms with Gasteiger partial charge in [0, 0.05) is 24.7 Å². The lowest BCUT2D eigenvalue weighted by molar-refractivity contribution is -0.127. The molecule has 0 spiro atoms. The lowest BCUT2D eigenvalue weighted by Crippen LogP contribution is -2.23. The van der Waals surface area contributed by atoms with Gasteiger partial charge in [0.1, 0.15) is 0 Å². The fraction of sp³-hybridized carbons (Fsp3) is 0.263. The van der Waals surface area contributed by atoms with Crippen LogP contribution in [0, 0.1) is 0 Å². The molecule has 4 nitrogen and oxygen atoms in total. The van der Waals surface area contributed by atoms with Crippen LogP contribution in [-0.2, 0) is 11.2 Å². The largest absolute Gasteiger partial charge is 0.349 e. The van der Waals surface area contributed by atoms with Crippen LogP contribution in [0.4, 0.5) is 5.69 Å². The molecule has 0 aromatic heterocycles. The highest BCUT2D eigenvalue weighted by atomic mass is 32.2. The molecule has 0 unspecified atom stereocenters. The number of carbonyl (C=O) groups is 2. The SMILES string of the molecule is CCSc1ccccc1C(=O)Nc1ccc(CC(=O)N(C)C)cc1. The number of hydrogen-bond donors (Lipinski definition) is 1. The third-order valence-electron chi connectivity index (χ3n) is 3.50. The van der Waals surface area contributed by atoms with Crippen molar-refractivity contribution in [3.63, 3.8) is 0 Å². The summed E-state index contributed by atoms with van der Waals surface area (Å²) in [6.07, 6.45) is 0.358. The standard InChI is InChI=1S/C19H22N2O2S/c1-4-24-17-8-6-5-7-16(17)19(23)20-15-11-9-14(10-12-15)13-18(22)21(2)3/h5-12H,4,13H2,1-3H3,(H,20,23). The molecule has 126 valence electrons. The number of likely N-dealkylation sites (N-methyl/N-ethyl adjacent to an activating group) is 1. The van der Waals surface area contributed by atoms with Crippen LogP contribution in [0.15, 0.2) is 53.4 Å². The van der Waals surface area contributed by atoms with E-state index in [4.69, 9.17) is 0 Å². The smallest absolute Gasteiger partial charge is 0.256 e. The third kappa shape index (κ3) is 4.86. The summed E-state index contributed by atoms with van der Waals surface area (Å²) in [5.74, 6) is 0.847. The fourth-order valence-electron chi connectivity index (χ4n) is 2.17. The van der Waals surface area contributed by atoms with Crippen molar-refractivity contribution in [1.29, 1.82) is 0 Å². The van der Waals surface area contributed by atoms with E-state index in [1.807, 2.05) is 48.5 Å². The number of anilines is 1. The van der Waals surface area contributed by atoms with Crippen molar-refractivity contribution < 1.29 is 9.59 Å². The zero-order valence-corrected chi connectivity index (χ0v) is 15.0. The molecule has 0 saturated heterocycles. The third-order valence-corrected chi connectivity index (χ3v) is 4.45. The molecule has 0 aliphatic carbocycles. The highest BCUT2D eigenvalue weighted by Crippen LogP contribution is 2.23. The second kappa shape index (κ2) is 8.55. The van der Waals surface area contributed by atoms with Crippen molar-refractivity contribution in [2.45, 2.75) is 18.2 Å². The van der Waals surface area contributed by atoms with Crippen LogP contribution in [0.1, 0.15) is 22.8 Å². The average Bonchev–Trinajstić information content (AvgIpc) is 2.57. The van der Waals surface area contributed by atoms with Crippen LogP contribution < -0.4 is 5.32 Å². The zero-order valence-electron chi connectivity index (χ0n) is 14.2. The molecule has 1 N–H and O–H groups in total. The van der Waals surface area contributed by atoms with Crippen LogP contribution >= 0.6 is 11.8 Å². The van der Waals surface area contributed by atoms with E-state index in [-0.39, 0.29) is 11.8 Å². The van der Waals surface area contributed by atoms with Crippen LogP contribution in [0.2, 0.25) is 0 Å². The number of carbonyl (C=O) groups excluding carboxylic acids is 2. The molecular weight excluding hydrogens is 320 g/mol. The fourth-order valence-corrected chi connectivity index (χ4v) is 2.97. The van der Waals surface area contributed by atoms with Gasteiger partial charge in [0.15, 0.2) is 0 Å². The quantitative estimate of drug-likeness (QED) is 0.815. The summed E-state index contributed by atoms with van der Waals surface area (Å²) >= 11 is 1.65. The Hall–Kier alpha value is -2.27. The second-order valence-corrected chi connectivity index (χ2v) is 6.85. The average molecular weight is 342 g/mol. The van der Waals surface area contributed by atoms with Gasteiger partial charge in [0.05, 0.1) is 12.0 Å². The number of benzene rings is 2. The number of nitrogens with zero attached hydrogens (tertiary/aromatic N) is 1. The number of amides is 2. The summed E-state index contributed by atoms with van der Waals surface area (Å²) in [6, 6.07) is 15.0. The van der Waals surface area contributed by atoms with Gasteiger partial charge in [-0.2, -0.15) is 0 Å². The summed E-state index contributed by atoms with van der Waals surface area (Å²) in [5.41, 5.74) is 2.32. The lowest BCUT2D eigenvalue weighted by atomic mass is 10.1. The van der Waals surface area contributed by atoms with E-state index < -0.39 is 0 Å². The Kier molecular flexibility index (Phi) is 6.44. The van der Waals surface area contributed by atoms with E-state index in [1.165, 1.54) is 0 Å². The predicted molar refractivity (Wildman–Crippen MR) is 99.6 cm³/mol. The van der Waals surface area contributed by atoms with E-state index in [9.17, 15) is 9.59 Å². The Morgan fingerprint density at radius 1 is 1.04 bits per heavy atom. The molecule has 5 heteroatoms. The van der Waals surface area contributed by atoms with Crippen molar-refractivity contribution >= 4 is 29.3 Å². The minimum absolute atomic E-state index is 0.0531. The van der Waals surface area contributed by atoms with Gasteiger partial charge in [-0.05, 0) is 35.6 Å². The van der Waals surface area contributed by atoms with E-state index in [0.717, 1.165) is 21.9 Å². The molecule has 0 heterocycles. The molecule has 0 aliphatic rings. The molecule has 0 saturated carbocycles. The summed E-state index contributed by atoms with van der Waals surface area (Å²) < 4.78 is 0. The van der Waals surface area contributed by atoms with Gasteiger partial charge in [-0.15, -0.1) is 11.8 Å². The molecule has 0 bridgehead atoms. The Labute approximate surface area is 147 Å². The van der Waals surface area contributed by atoms with Gasteiger partial charge in [0.25, 0.3) is 5.91 Å². The Morgan fingerprint density at radius 2 is 1.71 bits per heavy atom. The second-order valence-electron chi connectivity index (χ2n) is 5.55. The maximum Gasteiger partial charge on any atom is 0.256 e. The first-order chi connectivity index (χ1) is 11.5. The van der Waals surface area contributed by atoms with Crippen molar-refractivity contribution in [2.24, 2.45) is 0 Å². The Bertz CT molecular complexity index is 712. The van der Waals surface area contributed by atoms with Crippen LogP contribution in [-0.4, -0.2) is 36.6 Å². The lowest BCUT2D eigenvalue weighted by Gasteiger charge is -2.11. The number of hydrogen-bond acceptors (Lipinski definition) is 3. The minimum atomic E-state index is -0.122. The maximum atomic E-state index is 12.5. The topological polar surface area (TPSA) is 49.4 Å². The molecule has 2 aromatic carbocycles. The molecule has 2 aromatic rings. The van der Waals surface area contributed by atoms with Crippen LogP contribution in [0.25, 0.3) is 0 Å². The normalized spacial score (nSPS) is 10.3. The first-order valence-corrected chi connectivity index (χ1v) is 8.82. The molecule has 0 radical (unpaired) electrons. The summed E-state index contributed by atoms with van der Waals surface area (Å²) in [4.78, 5) is 26.7. The van der Waals surface area contributed by atoms with Gasteiger partial charge >= 0.3 is 0 Å². The molecule has 0 aliphatic heterocycles. The van der Waals surface area contributed by atoms with E-state index in [2.05, 4.69) is 12.2 Å². The van der Waals surface area contributed by atoms with E-state index >= 15 is 0 Å². The van der Waals surface area contributed by atoms with Crippen LogP contribution in [0.3, 0.4) is 0 Å². The van der Waals surface area contributed by atoms with E-state index in [1.54, 1.807) is 30.8 Å². The molecular formula is C19H22N2O2S. The van der Waals surface area contributed by atoms with Gasteiger partial charge in [-0.3, -0.25) is 9.59 Å². The Morgan fingerprint density at radius 3 is 2.33 bits per heavy atom. The molecule has 0 fully saturated rings. The zero-order chi connectivity index (χ0) is 17.5. The molecule has 24 heavy (non-hydrogen) atoms. The van der Waals surface area contributed by atoms with Gasteiger partial charge in [-0.25, -0.2) is 0 Å². The van der Waals surface area contributed by atoms with Crippen LogP contribution in [0.5, 0.6) is 0 Å². The summed E-state index contributed by atoms with van der Waals surface area (Å²) in [5, 5.41) is 2.91. The number of nitrogens with one attached hydrogen (secondary N) is 1. The first-order valence-electron chi connectivity index (χ1n) is 7.83. The highest BCUT2D eigenvalue weighted by molar-refractivity contribution is 7.99. The highest BCUT2D eigenvalue weighted by Gasteiger charge is 2.11. The Balaban J connectivity index is 2.06. The van der Waals surface area contributed by atoms with E-state index in [0.29, 0.717) is 12.0 Å². The number of rotatable bonds is 6. The molecule has 2 rings (SSSR count). The van der Waals surface area contributed by atoms with Crippen molar-refractivity contribution in [1.82, 2.24) is 4.90 Å². The number of thioether (sulfide) groups is 1. The van der Waals surface area contributed by atoms with Crippen molar-refractivity contribution in [3.8, 4) is 0 Å². The predicted octanol–water partition coefficient (Wildman–Crippen LogP) is 3.68. The first kappa shape index (κ1) is 18.1.